The van der Waals surface area contributed by atoms with Crippen LogP contribution < -0.4 is 10.1 Å². The van der Waals surface area contributed by atoms with Crippen molar-refractivity contribution >= 4 is 11.9 Å². The molecule has 2 rings (SSSR count). The first-order valence-electron chi connectivity index (χ1n) is 6.25. The van der Waals surface area contributed by atoms with E-state index in [4.69, 9.17) is 4.74 Å². The van der Waals surface area contributed by atoms with E-state index in [1.54, 1.807) is 31.2 Å². The van der Waals surface area contributed by atoms with Crippen molar-refractivity contribution in [3.63, 3.8) is 0 Å². The molecule has 1 aliphatic rings. The van der Waals surface area contributed by atoms with Gasteiger partial charge in [0.2, 0.25) is 0 Å². The van der Waals surface area contributed by atoms with E-state index in [-0.39, 0.29) is 5.91 Å². The zero-order valence-corrected chi connectivity index (χ0v) is 11.0. The zero-order chi connectivity index (χ0) is 13.8. The Morgan fingerprint density at radius 3 is 2.42 bits per heavy atom. The van der Waals surface area contributed by atoms with E-state index in [1.807, 2.05) is 0 Å². The van der Waals surface area contributed by atoms with Gasteiger partial charge in [0.1, 0.15) is 5.75 Å². The molecule has 5 nitrogen and oxygen atoms in total. The second kappa shape index (κ2) is 5.73. The van der Waals surface area contributed by atoms with Crippen LogP contribution in [0.4, 0.5) is 0 Å². The van der Waals surface area contributed by atoms with Crippen LogP contribution in [0.5, 0.6) is 5.75 Å². The summed E-state index contributed by atoms with van der Waals surface area (Å²) in [6.45, 7) is 1.70. The minimum atomic E-state index is -0.551. The highest BCUT2D eigenvalue weighted by atomic mass is 16.5. The van der Waals surface area contributed by atoms with Gasteiger partial charge in [-0.3, -0.25) is 4.79 Å². The average molecular weight is 263 g/mol. The van der Waals surface area contributed by atoms with Gasteiger partial charge in [-0.05, 0) is 44.0 Å². The van der Waals surface area contributed by atoms with E-state index in [9.17, 15) is 9.59 Å². The van der Waals surface area contributed by atoms with Gasteiger partial charge in [-0.15, -0.1) is 0 Å². The van der Waals surface area contributed by atoms with Crippen molar-refractivity contribution in [1.29, 1.82) is 0 Å². The molecule has 102 valence electrons. The second-order valence-electron chi connectivity index (χ2n) is 4.56. The lowest BCUT2D eigenvalue weighted by Crippen LogP contribution is -2.37. The molecule has 1 aliphatic carbocycles. The molecule has 1 amide bonds. The molecule has 1 atom stereocenters. The number of carbonyl (C=O) groups excluding carboxylic acids is 2. The summed E-state index contributed by atoms with van der Waals surface area (Å²) in [6, 6.07) is 6.82. The third-order valence-electron chi connectivity index (χ3n) is 2.88. The summed E-state index contributed by atoms with van der Waals surface area (Å²) in [5.41, 5.74) is 0.449. The molecule has 19 heavy (non-hydrogen) atoms. The molecule has 1 fully saturated rings. The summed E-state index contributed by atoms with van der Waals surface area (Å²) in [7, 11) is 1.33. The maximum absolute atomic E-state index is 11.7. The highest BCUT2D eigenvalue weighted by Crippen LogP contribution is 2.19. The number of rotatable bonds is 5. The van der Waals surface area contributed by atoms with Crippen LogP contribution in [-0.2, 0) is 9.53 Å². The first kappa shape index (κ1) is 13.4. The van der Waals surface area contributed by atoms with Gasteiger partial charge in [-0.25, -0.2) is 4.79 Å². The van der Waals surface area contributed by atoms with E-state index in [0.717, 1.165) is 12.8 Å². The van der Waals surface area contributed by atoms with Gasteiger partial charge in [0, 0.05) is 6.04 Å². The fourth-order valence-electron chi connectivity index (χ4n) is 1.59. The van der Waals surface area contributed by atoms with Crippen LogP contribution >= 0.6 is 0 Å². The highest BCUT2D eigenvalue weighted by Gasteiger charge is 2.26. The molecule has 1 saturated carbocycles. The molecule has 1 aromatic carbocycles. The molecule has 5 heteroatoms. The van der Waals surface area contributed by atoms with Gasteiger partial charge >= 0.3 is 5.97 Å². The monoisotopic (exact) mass is 263 g/mol. The summed E-state index contributed by atoms with van der Waals surface area (Å²) >= 11 is 0. The lowest BCUT2D eigenvalue weighted by molar-refractivity contribution is -0.127. The van der Waals surface area contributed by atoms with Crippen LogP contribution in [0.1, 0.15) is 30.1 Å². The van der Waals surface area contributed by atoms with Crippen molar-refractivity contribution in [1.82, 2.24) is 5.32 Å². The van der Waals surface area contributed by atoms with Crippen molar-refractivity contribution in [2.24, 2.45) is 0 Å². The summed E-state index contributed by atoms with van der Waals surface area (Å²) in [6.07, 6.45) is 1.54. The van der Waals surface area contributed by atoms with Gasteiger partial charge in [0.05, 0.1) is 12.7 Å². The molecule has 0 heterocycles. The topological polar surface area (TPSA) is 64.6 Å². The van der Waals surface area contributed by atoms with Crippen LogP contribution in [-0.4, -0.2) is 31.1 Å². The van der Waals surface area contributed by atoms with E-state index < -0.39 is 12.1 Å². The molecule has 1 aromatic rings. The minimum Gasteiger partial charge on any atom is -0.481 e. The zero-order valence-electron chi connectivity index (χ0n) is 11.0. The summed E-state index contributed by atoms with van der Waals surface area (Å²) in [4.78, 5) is 23.0. The SMILES string of the molecule is COC(=O)c1ccc(OC(C)C(=O)NC2CC2)cc1. The van der Waals surface area contributed by atoms with Crippen LogP contribution in [0, 0.1) is 0 Å². The van der Waals surface area contributed by atoms with Crippen molar-refractivity contribution in [3.05, 3.63) is 29.8 Å². The Bertz CT molecular complexity index is 465. The quantitative estimate of drug-likeness (QED) is 0.818. The van der Waals surface area contributed by atoms with Crippen molar-refractivity contribution < 1.29 is 19.1 Å². The van der Waals surface area contributed by atoms with E-state index in [0.29, 0.717) is 17.4 Å². The van der Waals surface area contributed by atoms with Crippen molar-refractivity contribution in [3.8, 4) is 5.75 Å². The summed E-state index contributed by atoms with van der Waals surface area (Å²) < 4.78 is 10.1. The first-order valence-corrected chi connectivity index (χ1v) is 6.25. The molecule has 0 saturated heterocycles. The van der Waals surface area contributed by atoms with Gasteiger partial charge in [0.15, 0.2) is 6.10 Å². The number of nitrogens with one attached hydrogen (secondary N) is 1. The maximum atomic E-state index is 11.7. The van der Waals surface area contributed by atoms with E-state index in [2.05, 4.69) is 10.1 Å². The molecule has 0 radical (unpaired) electrons. The number of ether oxygens (including phenoxy) is 2. The van der Waals surface area contributed by atoms with Gasteiger partial charge < -0.3 is 14.8 Å². The Labute approximate surface area is 111 Å². The first-order chi connectivity index (χ1) is 9.10. The lowest BCUT2D eigenvalue weighted by atomic mass is 10.2. The highest BCUT2D eigenvalue weighted by molar-refractivity contribution is 5.89. The summed E-state index contributed by atoms with van der Waals surface area (Å²) in [5.74, 6) is 0.0386. The maximum Gasteiger partial charge on any atom is 0.337 e. The Balaban J connectivity index is 1.90. The Kier molecular flexibility index (Phi) is 4.04. The predicted molar refractivity (Wildman–Crippen MR) is 69.0 cm³/mol. The number of esters is 1. The fourth-order valence-corrected chi connectivity index (χ4v) is 1.59. The molecule has 1 N–H and O–H groups in total. The predicted octanol–water partition coefficient (Wildman–Crippen LogP) is 1.52. The largest absolute Gasteiger partial charge is 0.481 e. The van der Waals surface area contributed by atoms with Crippen molar-refractivity contribution in [2.45, 2.75) is 31.9 Å². The molecular formula is C14H17NO4. The van der Waals surface area contributed by atoms with Gasteiger partial charge in [-0.1, -0.05) is 0 Å². The number of amides is 1. The number of hydrogen-bond acceptors (Lipinski definition) is 4. The number of carbonyl (C=O) groups is 2. The fraction of sp³-hybridized carbons (Fsp3) is 0.429. The standard InChI is InChI=1S/C14H17NO4/c1-9(13(16)15-11-5-6-11)19-12-7-3-10(4-8-12)14(17)18-2/h3-4,7-9,11H,5-6H2,1-2H3,(H,15,16). The number of benzene rings is 1. The molecule has 0 bridgehead atoms. The molecule has 1 unspecified atom stereocenters. The normalized spacial score (nSPS) is 15.5. The van der Waals surface area contributed by atoms with Crippen molar-refractivity contribution in [2.75, 3.05) is 7.11 Å². The third-order valence-corrected chi connectivity index (χ3v) is 2.88. The molecule has 0 aliphatic heterocycles. The van der Waals surface area contributed by atoms with Crippen LogP contribution in [0.15, 0.2) is 24.3 Å². The van der Waals surface area contributed by atoms with Gasteiger partial charge in [0.25, 0.3) is 5.91 Å². The Hall–Kier alpha value is -2.04. The minimum absolute atomic E-state index is 0.112. The molecule has 0 spiro atoms. The van der Waals surface area contributed by atoms with Crippen LogP contribution in [0.25, 0.3) is 0 Å². The van der Waals surface area contributed by atoms with Gasteiger partial charge in [-0.2, -0.15) is 0 Å². The van der Waals surface area contributed by atoms with E-state index >= 15 is 0 Å². The smallest absolute Gasteiger partial charge is 0.337 e. The van der Waals surface area contributed by atoms with Crippen LogP contribution in [0.3, 0.4) is 0 Å². The molecule has 0 aromatic heterocycles. The Morgan fingerprint density at radius 1 is 1.26 bits per heavy atom. The third kappa shape index (κ3) is 3.71. The molecular weight excluding hydrogens is 246 g/mol. The average Bonchev–Trinajstić information content (AvgIpc) is 3.22. The summed E-state index contributed by atoms with van der Waals surface area (Å²) in [5, 5.41) is 2.87. The second-order valence-corrected chi connectivity index (χ2v) is 4.56. The number of methoxy groups -OCH3 is 1. The number of hydrogen-bond donors (Lipinski definition) is 1. The lowest BCUT2D eigenvalue weighted by Gasteiger charge is -2.14. The van der Waals surface area contributed by atoms with E-state index in [1.165, 1.54) is 7.11 Å². The van der Waals surface area contributed by atoms with Crippen LogP contribution in [0.2, 0.25) is 0 Å². The Morgan fingerprint density at radius 2 is 1.89 bits per heavy atom.